The van der Waals surface area contributed by atoms with Crippen molar-refractivity contribution < 1.29 is 4.52 Å². The van der Waals surface area contributed by atoms with Gasteiger partial charge < -0.3 is 4.52 Å². The SMILES string of the molecule is Cc1ccncc1-c1noc(CCCCl)n1. The van der Waals surface area contributed by atoms with Crippen LogP contribution < -0.4 is 0 Å². The minimum atomic E-state index is 0.593. The number of halogens is 1. The van der Waals surface area contributed by atoms with Crippen LogP contribution in [0, 0.1) is 6.92 Å². The van der Waals surface area contributed by atoms with Gasteiger partial charge in [-0.25, -0.2) is 0 Å². The Morgan fingerprint density at radius 1 is 1.44 bits per heavy atom. The Hall–Kier alpha value is -1.42. The number of aryl methyl sites for hydroxylation is 2. The van der Waals surface area contributed by atoms with Gasteiger partial charge in [-0.05, 0) is 25.0 Å². The maximum Gasteiger partial charge on any atom is 0.227 e. The molecule has 0 aliphatic heterocycles. The first-order valence-corrected chi connectivity index (χ1v) is 5.64. The molecule has 0 amide bonds. The standard InChI is InChI=1S/C11H12ClN3O/c1-8-4-6-13-7-9(8)11-14-10(16-15-11)3-2-5-12/h4,6-7H,2-3,5H2,1H3. The van der Waals surface area contributed by atoms with E-state index in [9.17, 15) is 0 Å². The van der Waals surface area contributed by atoms with Crippen molar-refractivity contribution in [3.63, 3.8) is 0 Å². The Labute approximate surface area is 98.7 Å². The van der Waals surface area contributed by atoms with E-state index in [0.29, 0.717) is 17.6 Å². The number of aromatic nitrogens is 3. The molecular formula is C11H12ClN3O. The quantitative estimate of drug-likeness (QED) is 0.767. The summed E-state index contributed by atoms with van der Waals surface area (Å²) in [6.07, 6.45) is 5.05. The molecule has 0 radical (unpaired) electrons. The molecular weight excluding hydrogens is 226 g/mol. The third-order valence-corrected chi connectivity index (χ3v) is 2.54. The van der Waals surface area contributed by atoms with Crippen LogP contribution in [0.2, 0.25) is 0 Å². The predicted molar refractivity (Wildman–Crippen MR) is 61.3 cm³/mol. The van der Waals surface area contributed by atoms with E-state index in [1.807, 2.05) is 13.0 Å². The van der Waals surface area contributed by atoms with Crippen LogP contribution in [0.25, 0.3) is 11.4 Å². The fourth-order valence-corrected chi connectivity index (χ4v) is 1.52. The van der Waals surface area contributed by atoms with Crippen LogP contribution in [0.1, 0.15) is 17.9 Å². The zero-order chi connectivity index (χ0) is 11.4. The van der Waals surface area contributed by atoms with Crippen molar-refractivity contribution in [3.8, 4) is 11.4 Å². The monoisotopic (exact) mass is 237 g/mol. The normalized spacial score (nSPS) is 10.6. The topological polar surface area (TPSA) is 51.8 Å². The van der Waals surface area contributed by atoms with Gasteiger partial charge in [0, 0.05) is 30.3 Å². The highest BCUT2D eigenvalue weighted by atomic mass is 35.5. The van der Waals surface area contributed by atoms with Gasteiger partial charge in [0.2, 0.25) is 11.7 Å². The van der Waals surface area contributed by atoms with Gasteiger partial charge in [-0.15, -0.1) is 11.6 Å². The molecule has 0 unspecified atom stereocenters. The van der Waals surface area contributed by atoms with Gasteiger partial charge >= 0.3 is 0 Å². The molecule has 2 aromatic rings. The van der Waals surface area contributed by atoms with Crippen LogP contribution >= 0.6 is 11.6 Å². The largest absolute Gasteiger partial charge is 0.339 e. The van der Waals surface area contributed by atoms with Gasteiger partial charge in [-0.1, -0.05) is 5.16 Å². The second kappa shape index (κ2) is 5.07. The number of hydrogen-bond acceptors (Lipinski definition) is 4. The Balaban J connectivity index is 2.22. The lowest BCUT2D eigenvalue weighted by Gasteiger charge is -1.97. The molecule has 2 aromatic heterocycles. The molecule has 0 spiro atoms. The molecule has 0 aliphatic carbocycles. The molecule has 2 rings (SSSR count). The van der Waals surface area contributed by atoms with E-state index in [2.05, 4.69) is 15.1 Å². The van der Waals surface area contributed by atoms with Crippen molar-refractivity contribution in [2.24, 2.45) is 0 Å². The summed E-state index contributed by atoms with van der Waals surface area (Å²) in [5.41, 5.74) is 1.99. The average molecular weight is 238 g/mol. The highest BCUT2D eigenvalue weighted by molar-refractivity contribution is 6.17. The molecule has 0 saturated heterocycles. The van der Waals surface area contributed by atoms with Crippen molar-refractivity contribution in [3.05, 3.63) is 29.9 Å². The Morgan fingerprint density at radius 2 is 2.31 bits per heavy atom. The molecule has 16 heavy (non-hydrogen) atoms. The van der Waals surface area contributed by atoms with E-state index >= 15 is 0 Å². The lowest BCUT2D eigenvalue weighted by molar-refractivity contribution is 0.378. The summed E-state index contributed by atoms with van der Waals surface area (Å²) in [4.78, 5) is 8.35. The number of pyridine rings is 1. The minimum absolute atomic E-state index is 0.593. The fraction of sp³-hybridized carbons (Fsp3) is 0.364. The van der Waals surface area contributed by atoms with E-state index in [1.165, 1.54) is 0 Å². The van der Waals surface area contributed by atoms with E-state index < -0.39 is 0 Å². The molecule has 0 bridgehead atoms. The molecule has 0 aliphatic rings. The second-order valence-electron chi connectivity index (χ2n) is 3.49. The highest BCUT2D eigenvalue weighted by Crippen LogP contribution is 2.18. The van der Waals surface area contributed by atoms with Crippen LogP contribution in [-0.4, -0.2) is 21.0 Å². The molecule has 0 atom stereocenters. The first kappa shape index (κ1) is 11.1. The second-order valence-corrected chi connectivity index (χ2v) is 3.87. The maximum absolute atomic E-state index is 5.60. The summed E-state index contributed by atoms with van der Waals surface area (Å²) in [6.45, 7) is 1.99. The Bertz CT molecular complexity index is 470. The van der Waals surface area contributed by atoms with E-state index in [-0.39, 0.29) is 0 Å². The summed E-state index contributed by atoms with van der Waals surface area (Å²) >= 11 is 5.60. The zero-order valence-electron chi connectivity index (χ0n) is 8.98. The number of hydrogen-bond donors (Lipinski definition) is 0. The molecule has 0 saturated carbocycles. The lowest BCUT2D eigenvalue weighted by atomic mass is 10.1. The Morgan fingerprint density at radius 3 is 3.06 bits per heavy atom. The smallest absolute Gasteiger partial charge is 0.227 e. The van der Waals surface area contributed by atoms with E-state index in [0.717, 1.165) is 24.0 Å². The van der Waals surface area contributed by atoms with Gasteiger partial charge in [0.1, 0.15) is 0 Å². The molecule has 5 heteroatoms. The Kier molecular flexibility index (Phi) is 3.51. The third-order valence-electron chi connectivity index (χ3n) is 2.27. The summed E-state index contributed by atoms with van der Waals surface area (Å²) < 4.78 is 5.13. The van der Waals surface area contributed by atoms with Gasteiger partial charge in [0.05, 0.1) is 0 Å². The first-order valence-electron chi connectivity index (χ1n) is 5.11. The summed E-state index contributed by atoms with van der Waals surface area (Å²) in [7, 11) is 0. The number of alkyl halides is 1. The van der Waals surface area contributed by atoms with Crippen LogP contribution in [0.4, 0.5) is 0 Å². The summed E-state index contributed by atoms with van der Waals surface area (Å²) in [5, 5.41) is 3.93. The van der Waals surface area contributed by atoms with Crippen LogP contribution in [0.15, 0.2) is 23.0 Å². The molecule has 2 heterocycles. The first-order chi connectivity index (χ1) is 7.81. The van der Waals surface area contributed by atoms with Gasteiger partial charge in [0.15, 0.2) is 0 Å². The molecule has 0 aromatic carbocycles. The third kappa shape index (κ3) is 2.39. The minimum Gasteiger partial charge on any atom is -0.339 e. The van der Waals surface area contributed by atoms with Gasteiger partial charge in [-0.3, -0.25) is 4.98 Å². The average Bonchev–Trinajstić information content (AvgIpc) is 2.75. The molecule has 0 N–H and O–H groups in total. The van der Waals surface area contributed by atoms with Crippen molar-refractivity contribution in [2.45, 2.75) is 19.8 Å². The van der Waals surface area contributed by atoms with Crippen molar-refractivity contribution >= 4 is 11.6 Å². The molecule has 84 valence electrons. The summed E-state index contributed by atoms with van der Waals surface area (Å²) in [5.74, 6) is 1.82. The predicted octanol–water partition coefficient (Wildman–Crippen LogP) is 2.61. The van der Waals surface area contributed by atoms with E-state index in [1.54, 1.807) is 12.4 Å². The molecule has 0 fully saturated rings. The number of nitrogens with zero attached hydrogens (tertiary/aromatic N) is 3. The van der Waals surface area contributed by atoms with E-state index in [4.69, 9.17) is 16.1 Å². The van der Waals surface area contributed by atoms with Gasteiger partial charge in [0.25, 0.3) is 0 Å². The number of rotatable bonds is 4. The molecule has 4 nitrogen and oxygen atoms in total. The highest BCUT2D eigenvalue weighted by Gasteiger charge is 2.10. The fourth-order valence-electron chi connectivity index (χ4n) is 1.38. The zero-order valence-corrected chi connectivity index (χ0v) is 9.74. The van der Waals surface area contributed by atoms with Crippen molar-refractivity contribution in [2.75, 3.05) is 5.88 Å². The van der Waals surface area contributed by atoms with Crippen molar-refractivity contribution in [1.82, 2.24) is 15.1 Å². The maximum atomic E-state index is 5.60. The van der Waals surface area contributed by atoms with Crippen LogP contribution in [-0.2, 0) is 6.42 Å². The summed E-state index contributed by atoms with van der Waals surface area (Å²) in [6, 6.07) is 1.92. The van der Waals surface area contributed by atoms with Crippen LogP contribution in [0.5, 0.6) is 0 Å². The van der Waals surface area contributed by atoms with Crippen molar-refractivity contribution in [1.29, 1.82) is 0 Å². The van der Waals surface area contributed by atoms with Gasteiger partial charge in [-0.2, -0.15) is 4.98 Å². The van der Waals surface area contributed by atoms with Crippen LogP contribution in [0.3, 0.4) is 0 Å². The lowest BCUT2D eigenvalue weighted by Crippen LogP contribution is -1.89.